The molecule has 0 saturated heterocycles. The fourth-order valence-corrected chi connectivity index (χ4v) is 1.90. The number of aromatic nitrogens is 2. The molecule has 2 rings (SSSR count). The van der Waals surface area contributed by atoms with E-state index in [0.29, 0.717) is 11.4 Å². The minimum atomic E-state index is -0.316. The first kappa shape index (κ1) is 15.8. The van der Waals surface area contributed by atoms with Crippen LogP contribution in [-0.4, -0.2) is 28.6 Å². The molecule has 2 aromatic rings. The second-order valence-electron chi connectivity index (χ2n) is 6.03. The van der Waals surface area contributed by atoms with E-state index in [1.54, 1.807) is 18.2 Å². The van der Waals surface area contributed by atoms with Gasteiger partial charge in [-0.05, 0) is 23.1 Å². The fourth-order valence-electron chi connectivity index (χ4n) is 1.90. The maximum absolute atomic E-state index is 12.0. The molecule has 0 aliphatic carbocycles. The van der Waals surface area contributed by atoms with Crippen LogP contribution < -0.4 is 10.6 Å². The SMILES string of the molecule is CC(C)(C)c1ccc(C(=O)NCC(=O)Nc2ccn[nH]2)cc1. The number of carbonyl (C=O) groups excluding carboxylic acids is 2. The molecule has 0 aliphatic rings. The molecule has 0 spiro atoms. The van der Waals surface area contributed by atoms with Crippen molar-refractivity contribution in [2.75, 3.05) is 11.9 Å². The molecule has 0 bridgehead atoms. The van der Waals surface area contributed by atoms with Gasteiger partial charge in [-0.2, -0.15) is 5.10 Å². The third-order valence-corrected chi connectivity index (χ3v) is 3.20. The molecule has 0 aliphatic heterocycles. The molecule has 6 heteroatoms. The Labute approximate surface area is 129 Å². The summed E-state index contributed by atoms with van der Waals surface area (Å²) in [5.74, 6) is -0.0992. The van der Waals surface area contributed by atoms with Crippen LogP contribution in [0.3, 0.4) is 0 Å². The summed E-state index contributed by atoms with van der Waals surface area (Å²) < 4.78 is 0. The Morgan fingerprint density at radius 2 is 1.82 bits per heavy atom. The van der Waals surface area contributed by atoms with Crippen molar-refractivity contribution in [1.29, 1.82) is 0 Å². The lowest BCUT2D eigenvalue weighted by Crippen LogP contribution is -2.33. The molecular weight excluding hydrogens is 280 g/mol. The summed E-state index contributed by atoms with van der Waals surface area (Å²) in [4.78, 5) is 23.7. The molecule has 0 fully saturated rings. The fraction of sp³-hybridized carbons (Fsp3) is 0.312. The molecule has 6 nitrogen and oxygen atoms in total. The van der Waals surface area contributed by atoms with Gasteiger partial charge in [0.1, 0.15) is 5.82 Å². The zero-order chi connectivity index (χ0) is 16.2. The van der Waals surface area contributed by atoms with Crippen LogP contribution in [0.4, 0.5) is 5.82 Å². The van der Waals surface area contributed by atoms with E-state index in [1.165, 1.54) is 6.20 Å². The molecular formula is C16H20N4O2. The standard InChI is InChI=1S/C16H20N4O2/c1-16(2,3)12-6-4-11(5-7-12)15(22)17-10-14(21)19-13-8-9-18-20-13/h4-9H,10H2,1-3H3,(H,17,22)(H2,18,19,20,21). The first-order chi connectivity index (χ1) is 10.4. The van der Waals surface area contributed by atoms with Crippen molar-refractivity contribution in [2.24, 2.45) is 0 Å². The van der Waals surface area contributed by atoms with Gasteiger partial charge < -0.3 is 10.6 Å². The van der Waals surface area contributed by atoms with Crippen LogP contribution in [0, 0.1) is 0 Å². The second-order valence-corrected chi connectivity index (χ2v) is 6.03. The van der Waals surface area contributed by atoms with Crippen LogP contribution in [0.25, 0.3) is 0 Å². The van der Waals surface area contributed by atoms with Crippen LogP contribution in [0.15, 0.2) is 36.5 Å². The highest BCUT2D eigenvalue weighted by Crippen LogP contribution is 2.22. The second kappa shape index (κ2) is 6.43. The van der Waals surface area contributed by atoms with Gasteiger partial charge in [-0.25, -0.2) is 0 Å². The molecule has 3 N–H and O–H groups in total. The minimum absolute atomic E-state index is 0.0406. The van der Waals surface area contributed by atoms with Gasteiger partial charge >= 0.3 is 0 Å². The van der Waals surface area contributed by atoms with Crippen molar-refractivity contribution >= 4 is 17.6 Å². The van der Waals surface area contributed by atoms with E-state index in [4.69, 9.17) is 0 Å². The molecule has 0 unspecified atom stereocenters. The molecule has 0 atom stereocenters. The van der Waals surface area contributed by atoms with Gasteiger partial charge in [0.05, 0.1) is 12.7 Å². The number of rotatable bonds is 4. The smallest absolute Gasteiger partial charge is 0.251 e. The molecule has 1 aromatic carbocycles. The topological polar surface area (TPSA) is 86.9 Å². The van der Waals surface area contributed by atoms with Gasteiger partial charge in [0, 0.05) is 11.6 Å². The third-order valence-electron chi connectivity index (χ3n) is 3.20. The van der Waals surface area contributed by atoms with Crippen molar-refractivity contribution < 1.29 is 9.59 Å². The number of hydrogen-bond acceptors (Lipinski definition) is 3. The highest BCUT2D eigenvalue weighted by atomic mass is 16.2. The Balaban J connectivity index is 1.88. The van der Waals surface area contributed by atoms with Crippen molar-refractivity contribution in [3.63, 3.8) is 0 Å². The van der Waals surface area contributed by atoms with Crippen molar-refractivity contribution in [1.82, 2.24) is 15.5 Å². The third kappa shape index (κ3) is 4.18. The predicted molar refractivity (Wildman–Crippen MR) is 84.7 cm³/mol. The van der Waals surface area contributed by atoms with Crippen LogP contribution in [0.5, 0.6) is 0 Å². The molecule has 2 amide bonds. The number of H-pyrrole nitrogens is 1. The molecule has 0 saturated carbocycles. The highest BCUT2D eigenvalue weighted by Gasteiger charge is 2.14. The van der Waals surface area contributed by atoms with Crippen LogP contribution in [0.1, 0.15) is 36.7 Å². The minimum Gasteiger partial charge on any atom is -0.343 e. The first-order valence-corrected chi connectivity index (χ1v) is 7.04. The largest absolute Gasteiger partial charge is 0.343 e. The summed E-state index contributed by atoms with van der Waals surface area (Å²) in [6.45, 7) is 6.24. The zero-order valence-electron chi connectivity index (χ0n) is 12.9. The Hall–Kier alpha value is -2.63. The summed E-state index contributed by atoms with van der Waals surface area (Å²) >= 11 is 0. The van der Waals surface area contributed by atoms with Gasteiger partial charge in [-0.1, -0.05) is 32.9 Å². The maximum Gasteiger partial charge on any atom is 0.251 e. The summed E-state index contributed by atoms with van der Waals surface area (Å²) in [6.07, 6.45) is 1.53. The quantitative estimate of drug-likeness (QED) is 0.808. The zero-order valence-corrected chi connectivity index (χ0v) is 12.9. The van der Waals surface area contributed by atoms with Crippen LogP contribution in [-0.2, 0) is 10.2 Å². The average Bonchev–Trinajstić information content (AvgIpc) is 2.97. The van der Waals surface area contributed by atoms with Gasteiger partial charge in [0.25, 0.3) is 5.91 Å². The Bertz CT molecular complexity index is 640. The van der Waals surface area contributed by atoms with Crippen LogP contribution >= 0.6 is 0 Å². The molecule has 1 heterocycles. The average molecular weight is 300 g/mol. The summed E-state index contributed by atoms with van der Waals surface area (Å²) in [6, 6.07) is 9.02. The number of aromatic amines is 1. The summed E-state index contributed by atoms with van der Waals surface area (Å²) in [7, 11) is 0. The van der Waals surface area contributed by atoms with Gasteiger partial charge in [-0.3, -0.25) is 14.7 Å². The summed E-state index contributed by atoms with van der Waals surface area (Å²) in [5.41, 5.74) is 1.72. The number of nitrogens with one attached hydrogen (secondary N) is 3. The molecule has 22 heavy (non-hydrogen) atoms. The van der Waals surface area contributed by atoms with E-state index in [2.05, 4.69) is 41.6 Å². The number of hydrogen-bond donors (Lipinski definition) is 3. The number of amides is 2. The number of anilines is 1. The maximum atomic E-state index is 12.0. The first-order valence-electron chi connectivity index (χ1n) is 7.04. The highest BCUT2D eigenvalue weighted by molar-refractivity contribution is 5.99. The van der Waals surface area contributed by atoms with Gasteiger partial charge in [0.2, 0.25) is 5.91 Å². The van der Waals surface area contributed by atoms with Crippen molar-refractivity contribution in [3.8, 4) is 0 Å². The van der Waals surface area contributed by atoms with E-state index in [0.717, 1.165) is 5.56 Å². The monoisotopic (exact) mass is 300 g/mol. The van der Waals surface area contributed by atoms with E-state index < -0.39 is 0 Å². The Morgan fingerprint density at radius 1 is 1.14 bits per heavy atom. The lowest BCUT2D eigenvalue weighted by molar-refractivity contribution is -0.115. The Morgan fingerprint density at radius 3 is 2.36 bits per heavy atom. The summed E-state index contributed by atoms with van der Waals surface area (Å²) in [5, 5.41) is 11.5. The predicted octanol–water partition coefficient (Wildman–Crippen LogP) is 2.08. The van der Waals surface area contributed by atoms with E-state index >= 15 is 0 Å². The van der Waals surface area contributed by atoms with Crippen molar-refractivity contribution in [3.05, 3.63) is 47.7 Å². The number of carbonyl (C=O) groups is 2. The number of nitrogens with zero attached hydrogens (tertiary/aromatic N) is 1. The van der Waals surface area contributed by atoms with E-state index in [-0.39, 0.29) is 23.8 Å². The Kier molecular flexibility index (Phi) is 4.60. The van der Waals surface area contributed by atoms with Crippen molar-refractivity contribution in [2.45, 2.75) is 26.2 Å². The van der Waals surface area contributed by atoms with Gasteiger partial charge in [0.15, 0.2) is 0 Å². The number of benzene rings is 1. The van der Waals surface area contributed by atoms with Crippen LogP contribution in [0.2, 0.25) is 0 Å². The lowest BCUT2D eigenvalue weighted by atomic mass is 9.87. The molecule has 0 radical (unpaired) electrons. The van der Waals surface area contributed by atoms with E-state index in [1.807, 2.05) is 12.1 Å². The van der Waals surface area contributed by atoms with E-state index in [9.17, 15) is 9.59 Å². The molecule has 1 aromatic heterocycles. The molecule has 116 valence electrons. The lowest BCUT2D eigenvalue weighted by Gasteiger charge is -2.19. The van der Waals surface area contributed by atoms with Gasteiger partial charge in [-0.15, -0.1) is 0 Å². The normalized spacial score (nSPS) is 11.0.